The normalized spacial score (nSPS) is 23.0. The highest BCUT2D eigenvalue weighted by molar-refractivity contribution is 7.89. The molecule has 0 radical (unpaired) electrons. The Morgan fingerprint density at radius 2 is 1.86 bits per heavy atom. The molecule has 1 saturated carbocycles. The second kappa shape index (κ2) is 5.35. The maximum absolute atomic E-state index is 12.5. The average molecular weight is 315 g/mol. The Kier molecular flexibility index (Phi) is 3.81. The summed E-state index contributed by atoms with van der Waals surface area (Å²) in [6.45, 7) is 4.66. The van der Waals surface area contributed by atoms with Crippen molar-refractivity contribution in [3.8, 4) is 0 Å². The zero-order chi connectivity index (χ0) is 15.1. The largest absolute Gasteiger partial charge is 0.348 e. The van der Waals surface area contributed by atoms with Gasteiger partial charge in [-0.2, -0.15) is 5.10 Å². The first-order chi connectivity index (χ1) is 9.92. The summed E-state index contributed by atoms with van der Waals surface area (Å²) in [7, 11) is -3.54. The van der Waals surface area contributed by atoms with E-state index in [1.807, 2.05) is 0 Å². The minimum Gasteiger partial charge on any atom is -0.348 e. The fourth-order valence-corrected chi connectivity index (χ4v) is 4.85. The van der Waals surface area contributed by atoms with Crippen molar-refractivity contribution in [2.45, 2.75) is 56.3 Å². The van der Waals surface area contributed by atoms with Crippen LogP contribution in [0.2, 0.25) is 0 Å². The molecule has 1 aliphatic heterocycles. The summed E-state index contributed by atoms with van der Waals surface area (Å²) in [5, 5.41) is 6.66. The van der Waals surface area contributed by atoms with Crippen LogP contribution < -0.4 is 4.72 Å². The van der Waals surface area contributed by atoms with Crippen molar-refractivity contribution >= 4 is 10.0 Å². The number of nitrogens with zero attached hydrogens (tertiary/aromatic N) is 1. The van der Waals surface area contributed by atoms with E-state index in [0.717, 1.165) is 25.7 Å². The molecule has 0 aromatic carbocycles. The van der Waals surface area contributed by atoms with Gasteiger partial charge in [-0.15, -0.1) is 0 Å². The summed E-state index contributed by atoms with van der Waals surface area (Å²) in [4.78, 5) is 0.260. The molecule has 3 rings (SSSR count). The molecule has 0 atom stereocenters. The topological polar surface area (TPSA) is 93.3 Å². The molecular weight excluding hydrogens is 294 g/mol. The van der Waals surface area contributed by atoms with Gasteiger partial charge in [0.2, 0.25) is 10.0 Å². The molecule has 8 heteroatoms. The number of nitrogens with one attached hydrogen (secondary N) is 2. The molecular formula is C13H21N3O4S. The van der Waals surface area contributed by atoms with Crippen LogP contribution in [0.25, 0.3) is 0 Å². The number of aromatic nitrogens is 2. The second-order valence-electron chi connectivity index (χ2n) is 5.77. The van der Waals surface area contributed by atoms with Crippen LogP contribution in [0.5, 0.6) is 0 Å². The lowest BCUT2D eigenvalue weighted by Crippen LogP contribution is -2.44. The van der Waals surface area contributed by atoms with Gasteiger partial charge in [-0.25, -0.2) is 13.1 Å². The fourth-order valence-electron chi connectivity index (χ4n) is 3.18. The van der Waals surface area contributed by atoms with Crippen molar-refractivity contribution in [1.82, 2.24) is 14.9 Å². The maximum atomic E-state index is 12.5. The highest BCUT2D eigenvalue weighted by Crippen LogP contribution is 2.36. The van der Waals surface area contributed by atoms with Crippen molar-refractivity contribution in [3.05, 3.63) is 11.4 Å². The summed E-state index contributed by atoms with van der Waals surface area (Å²) >= 11 is 0. The molecule has 2 fully saturated rings. The molecule has 2 heterocycles. The highest BCUT2D eigenvalue weighted by atomic mass is 32.2. The number of ether oxygens (including phenoxy) is 2. The molecule has 1 saturated heterocycles. The van der Waals surface area contributed by atoms with Gasteiger partial charge in [0.25, 0.3) is 0 Å². The lowest BCUT2D eigenvalue weighted by atomic mass is 9.91. The van der Waals surface area contributed by atoms with Gasteiger partial charge < -0.3 is 9.47 Å². The van der Waals surface area contributed by atoms with E-state index in [4.69, 9.17) is 9.47 Å². The first kappa shape index (κ1) is 15.0. The van der Waals surface area contributed by atoms with Gasteiger partial charge in [0.1, 0.15) is 4.90 Å². The van der Waals surface area contributed by atoms with Gasteiger partial charge in [0.15, 0.2) is 5.79 Å². The Balaban J connectivity index is 1.67. The molecule has 1 aliphatic carbocycles. The number of rotatable bonds is 3. The Labute approximate surface area is 124 Å². The quantitative estimate of drug-likeness (QED) is 0.867. The molecule has 0 unspecified atom stereocenters. The predicted octanol–water partition coefficient (Wildman–Crippen LogP) is 0.991. The van der Waals surface area contributed by atoms with Crippen molar-refractivity contribution in [2.24, 2.45) is 0 Å². The number of aromatic amines is 1. The SMILES string of the molecule is Cc1n[nH]c(C)c1S(=O)(=O)NC1CCC2(CC1)OCCO2. The first-order valence-corrected chi connectivity index (χ1v) is 8.72. The van der Waals surface area contributed by atoms with E-state index in [-0.39, 0.29) is 10.9 Å². The lowest BCUT2D eigenvalue weighted by molar-refractivity contribution is -0.178. The van der Waals surface area contributed by atoms with E-state index in [9.17, 15) is 8.42 Å². The van der Waals surface area contributed by atoms with Crippen LogP contribution in [0.4, 0.5) is 0 Å². The van der Waals surface area contributed by atoms with Crippen LogP contribution in [0.15, 0.2) is 4.90 Å². The van der Waals surface area contributed by atoms with E-state index in [1.54, 1.807) is 13.8 Å². The Hall–Kier alpha value is -0.960. The van der Waals surface area contributed by atoms with Crippen LogP contribution in [0.1, 0.15) is 37.1 Å². The molecule has 0 amide bonds. The van der Waals surface area contributed by atoms with E-state index in [2.05, 4.69) is 14.9 Å². The van der Waals surface area contributed by atoms with Crippen molar-refractivity contribution in [3.63, 3.8) is 0 Å². The highest BCUT2D eigenvalue weighted by Gasteiger charge is 2.41. The number of hydrogen-bond donors (Lipinski definition) is 2. The summed E-state index contributed by atoms with van der Waals surface area (Å²) in [5.74, 6) is -0.469. The molecule has 2 N–H and O–H groups in total. The standard InChI is InChI=1S/C13H21N3O4S/c1-9-12(10(2)15-14-9)21(17,18)16-11-3-5-13(6-4-11)19-7-8-20-13/h11,16H,3-8H2,1-2H3,(H,14,15). The molecule has 118 valence electrons. The second-order valence-corrected chi connectivity index (χ2v) is 7.42. The summed E-state index contributed by atoms with van der Waals surface area (Å²) in [6, 6.07) is -0.0814. The number of H-pyrrole nitrogens is 1. The van der Waals surface area contributed by atoms with E-state index in [0.29, 0.717) is 24.6 Å². The Morgan fingerprint density at radius 3 is 2.38 bits per heavy atom. The summed E-state index contributed by atoms with van der Waals surface area (Å²) in [6.07, 6.45) is 2.89. The third-order valence-electron chi connectivity index (χ3n) is 4.21. The van der Waals surface area contributed by atoms with Crippen LogP contribution >= 0.6 is 0 Å². The van der Waals surface area contributed by atoms with Crippen molar-refractivity contribution in [2.75, 3.05) is 13.2 Å². The van der Waals surface area contributed by atoms with Crippen LogP contribution in [0, 0.1) is 13.8 Å². The number of hydrogen-bond acceptors (Lipinski definition) is 5. The average Bonchev–Trinajstić information content (AvgIpc) is 3.00. The maximum Gasteiger partial charge on any atom is 0.244 e. The zero-order valence-corrected chi connectivity index (χ0v) is 13.1. The van der Waals surface area contributed by atoms with Crippen molar-refractivity contribution < 1.29 is 17.9 Å². The van der Waals surface area contributed by atoms with E-state index >= 15 is 0 Å². The third-order valence-corrected chi connectivity index (χ3v) is 5.99. The minimum atomic E-state index is -3.54. The monoisotopic (exact) mass is 315 g/mol. The smallest absolute Gasteiger partial charge is 0.244 e. The summed E-state index contributed by atoms with van der Waals surface area (Å²) < 4.78 is 39.1. The van der Waals surface area contributed by atoms with Gasteiger partial charge in [0, 0.05) is 18.9 Å². The lowest BCUT2D eigenvalue weighted by Gasteiger charge is -2.35. The zero-order valence-electron chi connectivity index (χ0n) is 12.3. The fraction of sp³-hybridized carbons (Fsp3) is 0.769. The van der Waals surface area contributed by atoms with Gasteiger partial charge in [-0.1, -0.05) is 0 Å². The number of sulfonamides is 1. The molecule has 2 aliphatic rings. The predicted molar refractivity (Wildman–Crippen MR) is 75.3 cm³/mol. The molecule has 7 nitrogen and oxygen atoms in total. The molecule has 1 aromatic rings. The Morgan fingerprint density at radius 1 is 1.24 bits per heavy atom. The molecule has 21 heavy (non-hydrogen) atoms. The van der Waals surface area contributed by atoms with Gasteiger partial charge in [-0.05, 0) is 26.7 Å². The summed E-state index contributed by atoms with van der Waals surface area (Å²) in [5.41, 5.74) is 1.06. The van der Waals surface area contributed by atoms with Crippen LogP contribution in [-0.4, -0.2) is 43.7 Å². The number of aryl methyl sites for hydroxylation is 2. The van der Waals surface area contributed by atoms with E-state index < -0.39 is 15.8 Å². The molecule has 1 aromatic heterocycles. The van der Waals surface area contributed by atoms with Crippen molar-refractivity contribution in [1.29, 1.82) is 0 Å². The third kappa shape index (κ3) is 2.85. The first-order valence-electron chi connectivity index (χ1n) is 7.24. The van der Waals surface area contributed by atoms with Crippen LogP contribution in [0.3, 0.4) is 0 Å². The Bertz CT molecular complexity index is 590. The van der Waals surface area contributed by atoms with E-state index in [1.165, 1.54) is 0 Å². The van der Waals surface area contributed by atoms with Crippen LogP contribution in [-0.2, 0) is 19.5 Å². The van der Waals surface area contributed by atoms with Gasteiger partial charge >= 0.3 is 0 Å². The van der Waals surface area contributed by atoms with Gasteiger partial charge in [0.05, 0.1) is 24.6 Å². The van der Waals surface area contributed by atoms with Gasteiger partial charge in [-0.3, -0.25) is 5.10 Å². The molecule has 1 spiro atoms. The minimum absolute atomic E-state index is 0.0814. The molecule has 0 bridgehead atoms.